The molecule has 0 atom stereocenters. The van der Waals surface area contributed by atoms with Gasteiger partial charge in [-0.25, -0.2) is 13.2 Å². The second-order valence-electron chi connectivity index (χ2n) is 8.84. The van der Waals surface area contributed by atoms with E-state index in [1.807, 2.05) is 0 Å². The molecule has 1 fully saturated rings. The minimum atomic E-state index is -5.40. The Bertz CT molecular complexity index is 974. The zero-order chi connectivity index (χ0) is 25.8. The van der Waals surface area contributed by atoms with E-state index in [0.29, 0.717) is 11.5 Å². The van der Waals surface area contributed by atoms with Gasteiger partial charge >= 0.3 is 12.5 Å². The maximum atomic E-state index is 14.6. The number of ether oxygens (including phenoxy) is 2. The molecule has 0 saturated heterocycles. The fourth-order valence-electron chi connectivity index (χ4n) is 4.50. The molecule has 0 aromatic heterocycles. The zero-order valence-electron chi connectivity index (χ0n) is 19.0. The third-order valence-electron chi connectivity index (χ3n) is 6.28. The number of unbranched alkanes of at least 4 members (excludes halogenated alkanes) is 2. The highest BCUT2D eigenvalue weighted by Gasteiger charge is 2.39. The molecule has 0 aliphatic heterocycles. The average molecular weight is 510 g/mol. The summed E-state index contributed by atoms with van der Waals surface area (Å²) in [6.45, 7) is 2.14. The Morgan fingerprint density at radius 3 is 1.97 bits per heavy atom. The number of hydrogen-bond donors (Lipinski definition) is 0. The highest BCUT2D eigenvalue weighted by Crippen LogP contribution is 2.41. The molecule has 194 valence electrons. The molecule has 0 unspecified atom stereocenters. The molecular weight excluding hydrogens is 484 g/mol. The highest BCUT2D eigenvalue weighted by molar-refractivity contribution is 5.36. The van der Waals surface area contributed by atoms with Gasteiger partial charge in [-0.3, -0.25) is 0 Å². The van der Waals surface area contributed by atoms with E-state index in [9.17, 15) is 35.1 Å². The van der Waals surface area contributed by atoms with E-state index in [-0.39, 0.29) is 18.1 Å². The second kappa shape index (κ2) is 11.0. The maximum Gasteiger partial charge on any atom is 0.573 e. The monoisotopic (exact) mass is 510 g/mol. The average Bonchev–Trinajstić information content (AvgIpc) is 2.76. The first kappa shape index (κ1) is 27.1. The molecular formula is C25H26F8O2. The number of hydrogen-bond acceptors (Lipinski definition) is 2. The van der Waals surface area contributed by atoms with Gasteiger partial charge < -0.3 is 9.47 Å². The smallest absolute Gasteiger partial charge is 0.429 e. The Labute approximate surface area is 198 Å². The van der Waals surface area contributed by atoms with Crippen molar-refractivity contribution in [3.8, 4) is 11.5 Å². The van der Waals surface area contributed by atoms with Gasteiger partial charge in [0.15, 0.2) is 11.6 Å². The summed E-state index contributed by atoms with van der Waals surface area (Å²) in [5.41, 5.74) is -0.578. The van der Waals surface area contributed by atoms with Crippen LogP contribution in [0.5, 0.6) is 11.5 Å². The molecule has 3 rings (SSSR count). The standard InChI is InChI=1S/C25H26F8O2/c1-2-3-4-5-15-6-8-16(9-7-15)17-10-11-19(20(26)12-17)24(29,30)34-18-13-21(27)23(22(28)14-18)35-25(31,32)33/h10-16H,2-9H2,1H3. The lowest BCUT2D eigenvalue weighted by molar-refractivity contribution is -0.276. The van der Waals surface area contributed by atoms with Crippen molar-refractivity contribution in [3.05, 3.63) is 58.9 Å². The molecule has 0 heterocycles. The van der Waals surface area contributed by atoms with Crippen LogP contribution in [0.15, 0.2) is 30.3 Å². The molecule has 2 aromatic rings. The van der Waals surface area contributed by atoms with E-state index in [2.05, 4.69) is 16.4 Å². The molecule has 0 amide bonds. The molecule has 35 heavy (non-hydrogen) atoms. The SMILES string of the molecule is CCCCCC1CCC(c2ccc(C(F)(F)Oc3cc(F)c(OC(F)(F)F)c(F)c3)c(F)c2)CC1. The lowest BCUT2D eigenvalue weighted by atomic mass is 9.77. The maximum absolute atomic E-state index is 14.6. The lowest BCUT2D eigenvalue weighted by Crippen LogP contribution is -2.24. The number of rotatable bonds is 9. The quantitative estimate of drug-likeness (QED) is 0.248. The van der Waals surface area contributed by atoms with E-state index in [1.54, 1.807) is 0 Å². The van der Waals surface area contributed by atoms with Crippen LogP contribution in [-0.4, -0.2) is 6.36 Å². The van der Waals surface area contributed by atoms with E-state index in [4.69, 9.17) is 0 Å². The molecule has 2 aromatic carbocycles. The van der Waals surface area contributed by atoms with Crippen LogP contribution >= 0.6 is 0 Å². The first-order valence-corrected chi connectivity index (χ1v) is 11.5. The van der Waals surface area contributed by atoms with Crippen LogP contribution in [0.25, 0.3) is 0 Å². The Morgan fingerprint density at radius 2 is 1.43 bits per heavy atom. The molecule has 0 bridgehead atoms. The Kier molecular flexibility index (Phi) is 8.54. The molecule has 1 aliphatic carbocycles. The fraction of sp³-hybridized carbons (Fsp3) is 0.520. The van der Waals surface area contributed by atoms with Gasteiger partial charge in [-0.15, -0.1) is 13.2 Å². The third-order valence-corrected chi connectivity index (χ3v) is 6.28. The first-order valence-electron chi connectivity index (χ1n) is 11.5. The van der Waals surface area contributed by atoms with E-state index in [0.717, 1.165) is 50.7 Å². The Hall–Kier alpha value is -2.52. The van der Waals surface area contributed by atoms with Crippen LogP contribution in [-0.2, 0) is 6.11 Å². The van der Waals surface area contributed by atoms with Gasteiger partial charge in [-0.2, -0.15) is 8.78 Å². The van der Waals surface area contributed by atoms with Crippen molar-refractivity contribution in [2.24, 2.45) is 5.92 Å². The van der Waals surface area contributed by atoms with Crippen LogP contribution in [0.3, 0.4) is 0 Å². The summed E-state index contributed by atoms with van der Waals surface area (Å²) in [5.74, 6) is -7.36. The van der Waals surface area contributed by atoms with Crippen molar-refractivity contribution < 1.29 is 44.6 Å². The summed E-state index contributed by atoms with van der Waals surface area (Å²) in [6, 6.07) is 3.44. The minimum absolute atomic E-state index is 0.0416. The predicted molar refractivity (Wildman–Crippen MR) is 113 cm³/mol. The van der Waals surface area contributed by atoms with Crippen molar-refractivity contribution in [1.82, 2.24) is 0 Å². The van der Waals surface area contributed by atoms with Gasteiger partial charge in [0, 0.05) is 12.1 Å². The van der Waals surface area contributed by atoms with Crippen LogP contribution in [0, 0.1) is 23.4 Å². The Morgan fingerprint density at radius 1 is 0.800 bits per heavy atom. The van der Waals surface area contributed by atoms with Gasteiger partial charge in [0.25, 0.3) is 0 Å². The van der Waals surface area contributed by atoms with Gasteiger partial charge in [-0.05, 0) is 55.2 Å². The van der Waals surface area contributed by atoms with Crippen LogP contribution < -0.4 is 9.47 Å². The third kappa shape index (κ3) is 7.24. The molecule has 0 spiro atoms. The summed E-state index contributed by atoms with van der Waals surface area (Å²) in [5, 5.41) is 0. The van der Waals surface area contributed by atoms with Crippen molar-refractivity contribution >= 4 is 0 Å². The molecule has 1 saturated carbocycles. The molecule has 10 heteroatoms. The van der Waals surface area contributed by atoms with Gasteiger partial charge in [0.1, 0.15) is 11.6 Å². The van der Waals surface area contributed by atoms with E-state index >= 15 is 0 Å². The molecule has 1 aliphatic rings. The normalized spacial score (nSPS) is 19.0. The van der Waals surface area contributed by atoms with E-state index < -0.39 is 47.0 Å². The molecule has 2 nitrogen and oxygen atoms in total. The summed E-state index contributed by atoms with van der Waals surface area (Å²) >= 11 is 0. The van der Waals surface area contributed by atoms with Crippen molar-refractivity contribution in [2.45, 2.75) is 76.7 Å². The molecule has 0 N–H and O–H groups in total. The summed E-state index contributed by atoms with van der Waals surface area (Å²) in [7, 11) is 0. The zero-order valence-corrected chi connectivity index (χ0v) is 19.0. The van der Waals surface area contributed by atoms with E-state index in [1.165, 1.54) is 18.9 Å². The Balaban J connectivity index is 1.69. The first-order chi connectivity index (χ1) is 16.4. The fourth-order valence-corrected chi connectivity index (χ4v) is 4.50. The largest absolute Gasteiger partial charge is 0.573 e. The van der Waals surface area contributed by atoms with Crippen molar-refractivity contribution in [3.63, 3.8) is 0 Å². The van der Waals surface area contributed by atoms with Crippen LogP contribution in [0.2, 0.25) is 0 Å². The summed E-state index contributed by atoms with van der Waals surface area (Å²) in [4.78, 5) is 0. The van der Waals surface area contributed by atoms with Crippen LogP contribution in [0.1, 0.15) is 75.3 Å². The number of alkyl halides is 5. The number of halogens is 8. The lowest BCUT2D eigenvalue weighted by Gasteiger charge is -2.29. The topological polar surface area (TPSA) is 18.5 Å². The molecule has 0 radical (unpaired) electrons. The van der Waals surface area contributed by atoms with Gasteiger partial charge in [-0.1, -0.05) is 38.7 Å². The second-order valence-corrected chi connectivity index (χ2v) is 8.84. The summed E-state index contributed by atoms with van der Waals surface area (Å²) in [6.07, 6.45) is -1.44. The minimum Gasteiger partial charge on any atom is -0.429 e. The predicted octanol–water partition coefficient (Wildman–Crippen LogP) is 8.98. The highest BCUT2D eigenvalue weighted by atomic mass is 19.4. The van der Waals surface area contributed by atoms with Gasteiger partial charge in [0.05, 0.1) is 5.56 Å². The van der Waals surface area contributed by atoms with Crippen molar-refractivity contribution in [1.29, 1.82) is 0 Å². The van der Waals surface area contributed by atoms with Crippen molar-refractivity contribution in [2.75, 3.05) is 0 Å². The van der Waals surface area contributed by atoms with Gasteiger partial charge in [0.2, 0.25) is 5.75 Å². The summed E-state index contributed by atoms with van der Waals surface area (Å²) < 4.78 is 116. The van der Waals surface area contributed by atoms with Crippen LogP contribution in [0.4, 0.5) is 35.1 Å². The number of benzene rings is 2.